The summed E-state index contributed by atoms with van der Waals surface area (Å²) in [5, 5.41) is 3.62. The van der Waals surface area contributed by atoms with Gasteiger partial charge in [-0.2, -0.15) is 0 Å². The van der Waals surface area contributed by atoms with Crippen LogP contribution in [0.4, 0.5) is 5.69 Å². The van der Waals surface area contributed by atoms with Crippen LogP contribution in [0.5, 0.6) is 0 Å². The maximum Gasteiger partial charge on any atom is 0.109 e. The molecule has 1 aromatic heterocycles. The van der Waals surface area contributed by atoms with Gasteiger partial charge in [-0.15, -0.1) is 0 Å². The van der Waals surface area contributed by atoms with Crippen LogP contribution < -0.4 is 5.32 Å². The van der Waals surface area contributed by atoms with E-state index in [9.17, 15) is 0 Å². The monoisotopic (exact) mass is 309 g/mol. The lowest BCUT2D eigenvalue weighted by Gasteiger charge is -2.22. The third kappa shape index (κ3) is 3.44. The van der Waals surface area contributed by atoms with Gasteiger partial charge in [0.25, 0.3) is 0 Å². The van der Waals surface area contributed by atoms with E-state index in [1.807, 2.05) is 0 Å². The van der Waals surface area contributed by atoms with Gasteiger partial charge in [0.05, 0.1) is 5.69 Å². The van der Waals surface area contributed by atoms with E-state index in [2.05, 4.69) is 40.3 Å². The highest BCUT2D eigenvalue weighted by Crippen LogP contribution is 2.26. The average molecular weight is 309 g/mol. The number of anilines is 1. The van der Waals surface area contributed by atoms with Crippen LogP contribution >= 0.6 is 0 Å². The Bertz CT molecular complexity index is 612. The minimum Gasteiger partial charge on any atom is -0.385 e. The topological polar surface area (TPSA) is 29.9 Å². The van der Waals surface area contributed by atoms with Gasteiger partial charge in [0.1, 0.15) is 5.82 Å². The minimum atomic E-state index is 0.864. The third-order valence-electron chi connectivity index (χ3n) is 5.41. The number of nitrogens with zero attached hydrogens (tertiary/aromatic N) is 2. The minimum absolute atomic E-state index is 0.864. The first kappa shape index (κ1) is 14.8. The highest BCUT2D eigenvalue weighted by molar-refractivity contribution is 5.62. The average Bonchev–Trinajstić information content (AvgIpc) is 3.05. The molecule has 1 fully saturated rings. The van der Waals surface area contributed by atoms with Crippen LogP contribution in [0.15, 0.2) is 30.5 Å². The number of rotatable bonds is 4. The molecule has 1 saturated carbocycles. The Labute approximate surface area is 139 Å². The van der Waals surface area contributed by atoms with Crippen molar-refractivity contribution >= 4 is 5.69 Å². The zero-order valence-corrected chi connectivity index (χ0v) is 13.9. The molecule has 0 amide bonds. The van der Waals surface area contributed by atoms with Crippen molar-refractivity contribution in [1.82, 2.24) is 9.55 Å². The summed E-state index contributed by atoms with van der Waals surface area (Å²) in [6, 6.07) is 8.82. The molecule has 0 bridgehead atoms. The van der Waals surface area contributed by atoms with Gasteiger partial charge in [-0.25, -0.2) is 4.98 Å². The fraction of sp³-hybridized carbons (Fsp3) is 0.550. The van der Waals surface area contributed by atoms with Gasteiger partial charge in [0, 0.05) is 37.0 Å². The van der Waals surface area contributed by atoms with E-state index in [-0.39, 0.29) is 0 Å². The Kier molecular flexibility index (Phi) is 4.36. The van der Waals surface area contributed by atoms with Gasteiger partial charge >= 0.3 is 0 Å². The van der Waals surface area contributed by atoms with Crippen molar-refractivity contribution in [2.24, 2.45) is 5.92 Å². The first-order valence-corrected chi connectivity index (χ1v) is 9.29. The summed E-state index contributed by atoms with van der Waals surface area (Å²) in [4.78, 5) is 4.81. The number of hydrogen-bond acceptors (Lipinski definition) is 2. The highest BCUT2D eigenvalue weighted by Gasteiger charge is 2.14. The van der Waals surface area contributed by atoms with Crippen LogP contribution in [0.3, 0.4) is 0 Å². The third-order valence-corrected chi connectivity index (χ3v) is 5.41. The van der Waals surface area contributed by atoms with Crippen LogP contribution in [0.25, 0.3) is 11.3 Å². The maximum atomic E-state index is 4.81. The smallest absolute Gasteiger partial charge is 0.109 e. The molecule has 0 atom stereocenters. The lowest BCUT2D eigenvalue weighted by molar-refractivity contribution is 0.373. The van der Waals surface area contributed by atoms with Crippen LogP contribution in [0.1, 0.15) is 50.8 Å². The molecular weight excluding hydrogens is 282 g/mol. The van der Waals surface area contributed by atoms with Crippen molar-refractivity contribution < 1.29 is 0 Å². The highest BCUT2D eigenvalue weighted by atomic mass is 15.1. The Morgan fingerprint density at radius 3 is 2.61 bits per heavy atom. The summed E-state index contributed by atoms with van der Waals surface area (Å²) in [6.45, 7) is 2.25. The Balaban J connectivity index is 1.40. The van der Waals surface area contributed by atoms with Crippen molar-refractivity contribution in [1.29, 1.82) is 0 Å². The molecule has 0 radical (unpaired) electrons. The lowest BCUT2D eigenvalue weighted by atomic mass is 9.89. The molecule has 0 spiro atoms. The molecule has 1 aliphatic heterocycles. The number of imidazole rings is 1. The normalized spacial score (nSPS) is 18.6. The molecule has 2 aliphatic rings. The molecule has 1 aromatic carbocycles. The van der Waals surface area contributed by atoms with E-state index in [1.54, 1.807) is 0 Å². The summed E-state index contributed by atoms with van der Waals surface area (Å²) in [6.07, 6.45) is 13.0. The molecular formula is C20H27N3. The number of nitrogens with one attached hydrogen (secondary N) is 1. The van der Waals surface area contributed by atoms with Gasteiger partial charge in [-0.1, -0.05) is 31.4 Å². The SMILES string of the molecule is c1cc(-c2cn3c(n2)CCCC3)ccc1NCC1CCCCC1. The van der Waals surface area contributed by atoms with Gasteiger partial charge in [0.2, 0.25) is 0 Å². The quantitative estimate of drug-likeness (QED) is 0.872. The van der Waals surface area contributed by atoms with E-state index in [1.165, 1.54) is 62.0 Å². The van der Waals surface area contributed by atoms with Crippen molar-refractivity contribution in [2.75, 3.05) is 11.9 Å². The number of hydrogen-bond donors (Lipinski definition) is 1. The number of benzene rings is 1. The summed E-state index contributed by atoms with van der Waals surface area (Å²) < 4.78 is 2.33. The maximum absolute atomic E-state index is 4.81. The molecule has 23 heavy (non-hydrogen) atoms. The van der Waals surface area contributed by atoms with Crippen molar-refractivity contribution in [3.8, 4) is 11.3 Å². The lowest BCUT2D eigenvalue weighted by Crippen LogP contribution is -2.16. The molecule has 2 heterocycles. The summed E-state index contributed by atoms with van der Waals surface area (Å²) in [7, 11) is 0. The van der Waals surface area contributed by atoms with Gasteiger partial charge in [0.15, 0.2) is 0 Å². The molecule has 3 nitrogen and oxygen atoms in total. The van der Waals surface area contributed by atoms with E-state index in [0.717, 1.165) is 31.1 Å². The second kappa shape index (κ2) is 6.77. The molecule has 0 saturated heterocycles. The predicted octanol–water partition coefficient (Wildman–Crippen LogP) is 4.88. The molecule has 0 unspecified atom stereocenters. The number of fused-ring (bicyclic) bond motifs is 1. The number of aryl methyl sites for hydroxylation is 2. The zero-order valence-electron chi connectivity index (χ0n) is 13.9. The molecule has 4 rings (SSSR count). The van der Waals surface area contributed by atoms with E-state index in [0.29, 0.717) is 0 Å². The molecule has 1 N–H and O–H groups in total. The van der Waals surface area contributed by atoms with Gasteiger partial charge in [-0.05, 0) is 43.7 Å². The van der Waals surface area contributed by atoms with Crippen molar-refractivity contribution in [2.45, 2.75) is 57.9 Å². The molecule has 1 aliphatic carbocycles. The van der Waals surface area contributed by atoms with E-state index >= 15 is 0 Å². The number of aromatic nitrogens is 2. The second-order valence-electron chi connectivity index (χ2n) is 7.16. The summed E-state index contributed by atoms with van der Waals surface area (Å²) >= 11 is 0. The van der Waals surface area contributed by atoms with Crippen LogP contribution in [-0.4, -0.2) is 16.1 Å². The van der Waals surface area contributed by atoms with Crippen LogP contribution in [-0.2, 0) is 13.0 Å². The van der Waals surface area contributed by atoms with Gasteiger partial charge in [-0.3, -0.25) is 0 Å². The van der Waals surface area contributed by atoms with Crippen molar-refractivity contribution in [3.05, 3.63) is 36.3 Å². The zero-order chi connectivity index (χ0) is 15.5. The Morgan fingerprint density at radius 2 is 1.83 bits per heavy atom. The Morgan fingerprint density at radius 1 is 1.00 bits per heavy atom. The predicted molar refractivity (Wildman–Crippen MR) is 95.7 cm³/mol. The largest absolute Gasteiger partial charge is 0.385 e. The van der Waals surface area contributed by atoms with Crippen molar-refractivity contribution in [3.63, 3.8) is 0 Å². The van der Waals surface area contributed by atoms with E-state index < -0.39 is 0 Å². The molecule has 122 valence electrons. The molecule has 3 heteroatoms. The fourth-order valence-corrected chi connectivity index (χ4v) is 3.96. The fourth-order valence-electron chi connectivity index (χ4n) is 3.96. The first-order valence-electron chi connectivity index (χ1n) is 9.29. The summed E-state index contributed by atoms with van der Waals surface area (Å²) in [5.74, 6) is 2.12. The second-order valence-corrected chi connectivity index (χ2v) is 7.16. The first-order chi connectivity index (χ1) is 11.4. The summed E-state index contributed by atoms with van der Waals surface area (Å²) in [5.41, 5.74) is 3.60. The molecule has 2 aromatic rings. The standard InChI is InChI=1S/C20H27N3/c1-2-6-16(7-3-1)14-21-18-11-9-17(10-12-18)19-15-23-13-5-4-8-20(23)22-19/h9-12,15-16,21H,1-8,13-14H2. The van der Waals surface area contributed by atoms with Crippen LogP contribution in [0, 0.1) is 5.92 Å². The van der Waals surface area contributed by atoms with E-state index in [4.69, 9.17) is 4.98 Å². The Hall–Kier alpha value is -1.77. The van der Waals surface area contributed by atoms with Crippen LogP contribution in [0.2, 0.25) is 0 Å². The van der Waals surface area contributed by atoms with Gasteiger partial charge < -0.3 is 9.88 Å².